The first-order valence-corrected chi connectivity index (χ1v) is 10.7. The second-order valence-electron chi connectivity index (χ2n) is 8.52. The molecule has 0 aliphatic carbocycles. The standard InChI is InChI=1S/C25H22N2O6/c1-32-18-6-5-16-12-27(23(30)19(16)11-18)14-25(8-2-3-22(29)26-24(25)31)21-10-17-9-15(13-28)4-7-20(17)33-21/h4-7,9-11,13H,2-3,8,12,14H2,1H3,(H,26,29,31). The van der Waals surface area contributed by atoms with Crippen molar-refractivity contribution in [3.63, 3.8) is 0 Å². The van der Waals surface area contributed by atoms with Crippen LogP contribution < -0.4 is 10.1 Å². The highest BCUT2D eigenvalue weighted by Crippen LogP contribution is 2.39. The summed E-state index contributed by atoms with van der Waals surface area (Å²) in [6, 6.07) is 12.1. The summed E-state index contributed by atoms with van der Waals surface area (Å²) in [6.45, 7) is 0.402. The highest BCUT2D eigenvalue weighted by atomic mass is 16.5. The maximum Gasteiger partial charge on any atom is 0.254 e. The lowest BCUT2D eigenvalue weighted by Crippen LogP contribution is -2.51. The van der Waals surface area contributed by atoms with Gasteiger partial charge in [-0.3, -0.25) is 24.5 Å². The lowest BCUT2D eigenvalue weighted by Gasteiger charge is -2.32. The number of furan rings is 1. The molecule has 3 aromatic rings. The molecule has 1 aromatic heterocycles. The Bertz CT molecular complexity index is 1310. The van der Waals surface area contributed by atoms with Gasteiger partial charge in [0, 0.05) is 36.0 Å². The molecule has 0 radical (unpaired) electrons. The predicted molar refractivity (Wildman–Crippen MR) is 118 cm³/mol. The maximum atomic E-state index is 13.4. The van der Waals surface area contributed by atoms with Gasteiger partial charge in [0.2, 0.25) is 11.8 Å². The third-order valence-electron chi connectivity index (χ3n) is 6.50. The number of methoxy groups -OCH3 is 1. The number of hydrogen-bond acceptors (Lipinski definition) is 6. The largest absolute Gasteiger partial charge is 0.497 e. The average Bonchev–Trinajstić information content (AvgIpc) is 3.34. The Kier molecular flexibility index (Phi) is 5.00. The Morgan fingerprint density at radius 2 is 2.00 bits per heavy atom. The topological polar surface area (TPSA) is 106 Å². The zero-order valence-electron chi connectivity index (χ0n) is 18.1. The quantitative estimate of drug-likeness (QED) is 0.477. The number of hydrogen-bond donors (Lipinski definition) is 1. The molecule has 0 bridgehead atoms. The number of ether oxygens (including phenoxy) is 1. The summed E-state index contributed by atoms with van der Waals surface area (Å²) in [7, 11) is 1.54. The molecule has 0 saturated carbocycles. The van der Waals surface area contributed by atoms with Gasteiger partial charge < -0.3 is 14.1 Å². The van der Waals surface area contributed by atoms with Gasteiger partial charge in [0.15, 0.2) is 0 Å². The van der Waals surface area contributed by atoms with Gasteiger partial charge in [0.05, 0.1) is 7.11 Å². The summed E-state index contributed by atoms with van der Waals surface area (Å²) in [5, 5.41) is 3.15. The van der Waals surface area contributed by atoms with Crippen molar-refractivity contribution in [2.75, 3.05) is 13.7 Å². The Balaban J connectivity index is 1.57. The van der Waals surface area contributed by atoms with E-state index >= 15 is 0 Å². The first-order chi connectivity index (χ1) is 15.9. The first-order valence-electron chi connectivity index (χ1n) is 10.7. The molecule has 1 fully saturated rings. The molecular weight excluding hydrogens is 424 g/mol. The number of amides is 3. The highest BCUT2D eigenvalue weighted by Gasteiger charge is 2.48. The zero-order chi connectivity index (χ0) is 23.2. The van der Waals surface area contributed by atoms with E-state index in [0.717, 1.165) is 11.8 Å². The molecule has 2 aliphatic heterocycles. The van der Waals surface area contributed by atoms with E-state index in [1.807, 2.05) is 6.07 Å². The van der Waals surface area contributed by atoms with Gasteiger partial charge >= 0.3 is 0 Å². The molecule has 1 N–H and O–H groups in total. The molecule has 2 aromatic carbocycles. The molecule has 168 valence electrons. The van der Waals surface area contributed by atoms with Gasteiger partial charge in [-0.25, -0.2) is 0 Å². The molecule has 3 amide bonds. The van der Waals surface area contributed by atoms with Crippen LogP contribution in [0.5, 0.6) is 5.75 Å². The maximum absolute atomic E-state index is 13.4. The van der Waals surface area contributed by atoms with E-state index in [2.05, 4.69) is 5.32 Å². The van der Waals surface area contributed by atoms with Gasteiger partial charge in [-0.15, -0.1) is 0 Å². The summed E-state index contributed by atoms with van der Waals surface area (Å²) < 4.78 is 11.3. The molecule has 5 rings (SSSR count). The minimum Gasteiger partial charge on any atom is -0.497 e. The van der Waals surface area contributed by atoms with Gasteiger partial charge in [0.1, 0.15) is 28.8 Å². The fourth-order valence-electron chi connectivity index (χ4n) is 4.73. The van der Waals surface area contributed by atoms with Crippen molar-refractivity contribution in [1.29, 1.82) is 0 Å². The number of benzene rings is 2. The van der Waals surface area contributed by atoms with E-state index in [4.69, 9.17) is 9.15 Å². The van der Waals surface area contributed by atoms with Gasteiger partial charge in [-0.2, -0.15) is 0 Å². The predicted octanol–water partition coefficient (Wildman–Crippen LogP) is 2.97. The summed E-state index contributed by atoms with van der Waals surface area (Å²) in [5.41, 5.74) is 1.16. The number of fused-ring (bicyclic) bond motifs is 2. The summed E-state index contributed by atoms with van der Waals surface area (Å²) in [5.74, 6) is -0.0807. The second kappa shape index (κ2) is 7.88. The molecular formula is C25H22N2O6. The molecule has 1 unspecified atom stereocenters. The van der Waals surface area contributed by atoms with Crippen molar-refractivity contribution in [1.82, 2.24) is 10.2 Å². The van der Waals surface area contributed by atoms with E-state index in [1.54, 1.807) is 48.4 Å². The molecule has 8 nitrogen and oxygen atoms in total. The first kappa shape index (κ1) is 20.9. The number of carbonyl (C=O) groups is 4. The molecule has 33 heavy (non-hydrogen) atoms. The van der Waals surface area contributed by atoms with Crippen LogP contribution >= 0.6 is 0 Å². The molecule has 1 saturated heterocycles. The molecule has 1 atom stereocenters. The molecule has 0 spiro atoms. The summed E-state index contributed by atoms with van der Waals surface area (Å²) in [6.07, 6.45) is 1.77. The monoisotopic (exact) mass is 446 g/mol. The van der Waals surface area contributed by atoms with Crippen LogP contribution in [-0.4, -0.2) is 42.6 Å². The molecule has 2 aliphatic rings. The van der Waals surface area contributed by atoms with Crippen molar-refractivity contribution in [2.24, 2.45) is 0 Å². The fraction of sp³-hybridized carbons (Fsp3) is 0.280. The zero-order valence-corrected chi connectivity index (χ0v) is 18.1. The summed E-state index contributed by atoms with van der Waals surface area (Å²) in [4.78, 5) is 51.6. The number of nitrogens with one attached hydrogen (secondary N) is 1. The van der Waals surface area contributed by atoms with Crippen LogP contribution in [0.15, 0.2) is 46.9 Å². The van der Waals surface area contributed by atoms with Crippen LogP contribution in [0.25, 0.3) is 11.0 Å². The van der Waals surface area contributed by atoms with E-state index in [9.17, 15) is 19.2 Å². The number of carbonyl (C=O) groups excluding carboxylic acids is 4. The number of aldehydes is 1. The number of nitrogens with zero attached hydrogens (tertiary/aromatic N) is 1. The Labute approximate surface area is 189 Å². The minimum absolute atomic E-state index is 0.0578. The fourth-order valence-corrected chi connectivity index (χ4v) is 4.73. The van der Waals surface area contributed by atoms with Crippen LogP contribution in [0, 0.1) is 0 Å². The van der Waals surface area contributed by atoms with Crippen molar-refractivity contribution >= 4 is 35.0 Å². The number of rotatable bonds is 5. The smallest absolute Gasteiger partial charge is 0.254 e. The van der Waals surface area contributed by atoms with E-state index in [1.165, 1.54) is 0 Å². The van der Waals surface area contributed by atoms with Gasteiger partial charge in [-0.1, -0.05) is 6.07 Å². The van der Waals surface area contributed by atoms with Crippen LogP contribution in [0.3, 0.4) is 0 Å². The van der Waals surface area contributed by atoms with Crippen molar-refractivity contribution < 1.29 is 28.3 Å². The van der Waals surface area contributed by atoms with E-state index in [-0.39, 0.29) is 24.8 Å². The second-order valence-corrected chi connectivity index (χ2v) is 8.52. The SMILES string of the molecule is COc1ccc2c(c1)C(=O)N(CC1(c3cc4cc(C=O)ccc4o3)CCCC(=O)NC1=O)C2. The molecule has 3 heterocycles. The lowest BCUT2D eigenvalue weighted by molar-refractivity contribution is -0.133. The van der Waals surface area contributed by atoms with Crippen LogP contribution in [0.4, 0.5) is 0 Å². The normalized spacial score (nSPS) is 20.5. The Morgan fingerprint density at radius 3 is 2.79 bits per heavy atom. The Hall–Kier alpha value is -3.94. The minimum atomic E-state index is -1.24. The van der Waals surface area contributed by atoms with Crippen molar-refractivity contribution in [3.8, 4) is 5.75 Å². The highest BCUT2D eigenvalue weighted by molar-refractivity contribution is 6.03. The Morgan fingerprint density at radius 1 is 1.15 bits per heavy atom. The summed E-state index contributed by atoms with van der Waals surface area (Å²) >= 11 is 0. The lowest BCUT2D eigenvalue weighted by atomic mass is 9.79. The number of imide groups is 1. The van der Waals surface area contributed by atoms with Gasteiger partial charge in [0.25, 0.3) is 5.91 Å². The average molecular weight is 446 g/mol. The van der Waals surface area contributed by atoms with Crippen LogP contribution in [0.1, 0.15) is 51.3 Å². The van der Waals surface area contributed by atoms with Crippen LogP contribution in [-0.2, 0) is 21.5 Å². The van der Waals surface area contributed by atoms with E-state index in [0.29, 0.717) is 53.0 Å². The van der Waals surface area contributed by atoms with Crippen molar-refractivity contribution in [3.05, 3.63) is 64.9 Å². The van der Waals surface area contributed by atoms with Gasteiger partial charge in [-0.05, 0) is 54.8 Å². The third-order valence-corrected chi connectivity index (χ3v) is 6.50. The third kappa shape index (κ3) is 3.47. The van der Waals surface area contributed by atoms with Crippen LogP contribution in [0.2, 0.25) is 0 Å². The van der Waals surface area contributed by atoms with E-state index < -0.39 is 11.3 Å². The molecule has 8 heteroatoms. The van der Waals surface area contributed by atoms with Crippen molar-refractivity contribution in [2.45, 2.75) is 31.2 Å².